The fourth-order valence-corrected chi connectivity index (χ4v) is 2.97. The highest BCUT2D eigenvalue weighted by molar-refractivity contribution is 7.88. The fourth-order valence-electron chi connectivity index (χ4n) is 1.57. The first-order valence-electron chi connectivity index (χ1n) is 6.03. The molecule has 6 heteroatoms. The molecule has 1 unspecified atom stereocenters. The average Bonchev–Trinajstić information content (AvgIpc) is 2.36. The number of nitrogens with zero attached hydrogens (tertiary/aromatic N) is 1. The lowest BCUT2D eigenvalue weighted by molar-refractivity contribution is 0.133. The van der Waals surface area contributed by atoms with Crippen molar-refractivity contribution >= 4 is 10.0 Å². The lowest BCUT2D eigenvalue weighted by Gasteiger charge is -2.14. The minimum atomic E-state index is -3.40. The number of benzene rings is 1. The van der Waals surface area contributed by atoms with Gasteiger partial charge in [0.05, 0.1) is 24.0 Å². The van der Waals surface area contributed by atoms with E-state index in [4.69, 9.17) is 10.00 Å². The van der Waals surface area contributed by atoms with Gasteiger partial charge >= 0.3 is 0 Å². The predicted octanol–water partition coefficient (Wildman–Crippen LogP) is 1.40. The molecule has 0 saturated heterocycles. The summed E-state index contributed by atoms with van der Waals surface area (Å²) in [5.74, 6) is -0.102. The largest absolute Gasteiger partial charge is 0.380 e. The van der Waals surface area contributed by atoms with Crippen molar-refractivity contribution < 1.29 is 13.2 Å². The van der Waals surface area contributed by atoms with Gasteiger partial charge in [-0.25, -0.2) is 13.1 Å². The van der Waals surface area contributed by atoms with Gasteiger partial charge in [-0.15, -0.1) is 0 Å². The SMILES string of the molecule is CCOCC(C)NS(=O)(=O)Cc1ccc(C#N)cc1. The summed E-state index contributed by atoms with van der Waals surface area (Å²) in [6.45, 7) is 4.52. The normalized spacial score (nSPS) is 12.9. The smallest absolute Gasteiger partial charge is 0.216 e. The molecule has 0 radical (unpaired) electrons. The van der Waals surface area contributed by atoms with Crippen LogP contribution in [-0.4, -0.2) is 27.7 Å². The number of sulfonamides is 1. The van der Waals surface area contributed by atoms with Crippen LogP contribution in [0.15, 0.2) is 24.3 Å². The van der Waals surface area contributed by atoms with Crippen molar-refractivity contribution in [1.29, 1.82) is 5.26 Å². The molecule has 19 heavy (non-hydrogen) atoms. The summed E-state index contributed by atoms with van der Waals surface area (Å²) in [6.07, 6.45) is 0. The van der Waals surface area contributed by atoms with Gasteiger partial charge in [-0.2, -0.15) is 5.26 Å². The number of nitriles is 1. The zero-order chi connectivity index (χ0) is 14.3. The first-order valence-corrected chi connectivity index (χ1v) is 7.69. The van der Waals surface area contributed by atoms with Crippen LogP contribution in [0.4, 0.5) is 0 Å². The number of rotatable bonds is 7. The van der Waals surface area contributed by atoms with Crippen molar-refractivity contribution in [2.24, 2.45) is 0 Å². The minimum absolute atomic E-state index is 0.102. The molecule has 1 N–H and O–H groups in total. The molecule has 0 spiro atoms. The average molecular weight is 282 g/mol. The molecule has 0 aliphatic heterocycles. The molecule has 104 valence electrons. The Bertz CT molecular complexity index is 532. The molecule has 0 aliphatic carbocycles. The predicted molar refractivity (Wildman–Crippen MR) is 72.9 cm³/mol. The molecule has 1 rings (SSSR count). The van der Waals surface area contributed by atoms with Crippen molar-refractivity contribution in [3.63, 3.8) is 0 Å². The minimum Gasteiger partial charge on any atom is -0.380 e. The van der Waals surface area contributed by atoms with Crippen LogP contribution in [0.25, 0.3) is 0 Å². The molecule has 0 heterocycles. The van der Waals surface area contributed by atoms with Gasteiger partial charge in [0.15, 0.2) is 0 Å². The van der Waals surface area contributed by atoms with Crippen molar-refractivity contribution in [2.45, 2.75) is 25.6 Å². The van der Waals surface area contributed by atoms with Gasteiger partial charge in [0.25, 0.3) is 0 Å². The molecule has 1 atom stereocenters. The van der Waals surface area contributed by atoms with Crippen molar-refractivity contribution in [3.05, 3.63) is 35.4 Å². The van der Waals surface area contributed by atoms with Gasteiger partial charge in [0.2, 0.25) is 10.0 Å². The maximum absolute atomic E-state index is 11.9. The maximum Gasteiger partial charge on any atom is 0.216 e. The first-order chi connectivity index (χ1) is 8.96. The number of ether oxygens (including phenoxy) is 1. The van der Waals surface area contributed by atoms with Crippen LogP contribution in [0.2, 0.25) is 0 Å². The Morgan fingerprint density at radius 3 is 2.53 bits per heavy atom. The summed E-state index contributed by atoms with van der Waals surface area (Å²) in [6, 6.07) is 8.23. The second-order valence-corrected chi connectivity index (χ2v) is 6.00. The summed E-state index contributed by atoms with van der Waals surface area (Å²) in [5.41, 5.74) is 1.16. The Morgan fingerprint density at radius 2 is 2.00 bits per heavy atom. The molecule has 0 saturated carbocycles. The monoisotopic (exact) mass is 282 g/mol. The van der Waals surface area contributed by atoms with Crippen LogP contribution in [0.5, 0.6) is 0 Å². The second kappa shape index (κ2) is 7.24. The maximum atomic E-state index is 11.9. The van der Waals surface area contributed by atoms with Gasteiger partial charge < -0.3 is 4.74 Å². The molecule has 0 aromatic heterocycles. The summed E-state index contributed by atoms with van der Waals surface area (Å²) in [7, 11) is -3.40. The zero-order valence-corrected chi connectivity index (χ0v) is 11.9. The van der Waals surface area contributed by atoms with E-state index in [1.54, 1.807) is 31.2 Å². The van der Waals surface area contributed by atoms with Gasteiger partial charge in [0, 0.05) is 12.6 Å². The summed E-state index contributed by atoms with van der Waals surface area (Å²) < 4.78 is 31.5. The van der Waals surface area contributed by atoms with Crippen LogP contribution in [-0.2, 0) is 20.5 Å². The number of hydrogen-bond acceptors (Lipinski definition) is 4. The summed E-state index contributed by atoms with van der Waals surface area (Å²) >= 11 is 0. The van der Waals surface area contributed by atoms with Crippen molar-refractivity contribution in [3.8, 4) is 6.07 Å². The quantitative estimate of drug-likeness (QED) is 0.820. The number of hydrogen-bond donors (Lipinski definition) is 1. The van der Waals surface area contributed by atoms with Crippen LogP contribution < -0.4 is 4.72 Å². The highest BCUT2D eigenvalue weighted by atomic mass is 32.2. The lowest BCUT2D eigenvalue weighted by atomic mass is 10.2. The Labute approximate surface area is 114 Å². The van der Waals surface area contributed by atoms with E-state index in [-0.39, 0.29) is 11.8 Å². The van der Waals surface area contributed by atoms with Gasteiger partial charge in [0.1, 0.15) is 0 Å². The highest BCUT2D eigenvalue weighted by Gasteiger charge is 2.15. The van der Waals surface area contributed by atoms with E-state index in [9.17, 15) is 8.42 Å². The number of nitrogens with one attached hydrogen (secondary N) is 1. The standard InChI is InChI=1S/C13H18N2O3S/c1-3-18-9-11(2)15-19(16,17)10-13-6-4-12(8-14)5-7-13/h4-7,11,15H,3,9-10H2,1-2H3. The van der Waals surface area contributed by atoms with E-state index in [0.29, 0.717) is 24.3 Å². The third-order valence-corrected chi connectivity index (χ3v) is 3.87. The fraction of sp³-hybridized carbons (Fsp3) is 0.462. The molecule has 1 aromatic carbocycles. The second-order valence-electron chi connectivity index (χ2n) is 4.25. The van der Waals surface area contributed by atoms with Gasteiger partial charge in [-0.05, 0) is 31.5 Å². The van der Waals surface area contributed by atoms with E-state index in [0.717, 1.165) is 0 Å². The summed E-state index contributed by atoms with van der Waals surface area (Å²) in [4.78, 5) is 0. The lowest BCUT2D eigenvalue weighted by Crippen LogP contribution is -2.36. The Hall–Kier alpha value is -1.42. The molecule has 5 nitrogen and oxygen atoms in total. The Balaban J connectivity index is 2.61. The van der Waals surface area contributed by atoms with E-state index < -0.39 is 10.0 Å². The molecule has 0 fully saturated rings. The van der Waals surface area contributed by atoms with E-state index in [2.05, 4.69) is 4.72 Å². The van der Waals surface area contributed by atoms with E-state index >= 15 is 0 Å². The first kappa shape index (κ1) is 15.6. The Morgan fingerprint density at radius 1 is 1.37 bits per heavy atom. The van der Waals surface area contributed by atoms with Gasteiger partial charge in [-0.3, -0.25) is 0 Å². The van der Waals surface area contributed by atoms with E-state index in [1.165, 1.54) is 0 Å². The van der Waals surface area contributed by atoms with Crippen LogP contribution in [0.3, 0.4) is 0 Å². The third-order valence-electron chi connectivity index (χ3n) is 2.39. The third kappa shape index (κ3) is 5.83. The molecule has 0 bridgehead atoms. The van der Waals surface area contributed by atoms with Crippen LogP contribution in [0.1, 0.15) is 25.0 Å². The highest BCUT2D eigenvalue weighted by Crippen LogP contribution is 2.07. The molecular weight excluding hydrogens is 264 g/mol. The Kier molecular flexibility index (Phi) is 5.96. The zero-order valence-electron chi connectivity index (χ0n) is 11.1. The molecule has 1 aromatic rings. The van der Waals surface area contributed by atoms with Crippen molar-refractivity contribution in [1.82, 2.24) is 4.72 Å². The van der Waals surface area contributed by atoms with Crippen molar-refractivity contribution in [2.75, 3.05) is 13.2 Å². The van der Waals surface area contributed by atoms with E-state index in [1.807, 2.05) is 13.0 Å². The molecular formula is C13H18N2O3S. The van der Waals surface area contributed by atoms with Crippen LogP contribution in [0, 0.1) is 11.3 Å². The topological polar surface area (TPSA) is 79.2 Å². The van der Waals surface area contributed by atoms with Crippen LogP contribution >= 0.6 is 0 Å². The molecule has 0 amide bonds. The summed E-state index contributed by atoms with van der Waals surface area (Å²) in [5, 5.41) is 8.67. The van der Waals surface area contributed by atoms with Gasteiger partial charge in [-0.1, -0.05) is 12.1 Å². The molecule has 0 aliphatic rings.